The van der Waals surface area contributed by atoms with Crippen LogP contribution in [0.15, 0.2) is 42.5 Å². The van der Waals surface area contributed by atoms with Crippen LogP contribution in [0.1, 0.15) is 46.4 Å². The SMILES string of the molecule is O=C(Nc1ccc(F)c(Cl)c1)c1ccc(C(=O)N2CCCCCC2)cc1. The summed E-state index contributed by atoms with van der Waals surface area (Å²) < 4.78 is 13.2. The van der Waals surface area contributed by atoms with E-state index in [1.165, 1.54) is 18.2 Å². The molecule has 0 atom stereocenters. The Morgan fingerprint density at radius 2 is 1.54 bits per heavy atom. The molecule has 6 heteroatoms. The first-order chi connectivity index (χ1) is 12.5. The van der Waals surface area contributed by atoms with Crippen LogP contribution in [0.5, 0.6) is 0 Å². The second-order valence-corrected chi connectivity index (χ2v) is 6.77. The minimum Gasteiger partial charge on any atom is -0.339 e. The Morgan fingerprint density at radius 3 is 2.15 bits per heavy atom. The van der Waals surface area contributed by atoms with Gasteiger partial charge in [0.05, 0.1) is 5.02 Å². The van der Waals surface area contributed by atoms with Crippen molar-refractivity contribution in [3.63, 3.8) is 0 Å². The molecule has 3 rings (SSSR count). The summed E-state index contributed by atoms with van der Waals surface area (Å²) in [4.78, 5) is 26.7. The number of anilines is 1. The van der Waals surface area contributed by atoms with Crippen molar-refractivity contribution < 1.29 is 14.0 Å². The quantitative estimate of drug-likeness (QED) is 0.843. The van der Waals surface area contributed by atoms with Gasteiger partial charge in [0.2, 0.25) is 0 Å². The van der Waals surface area contributed by atoms with Crippen LogP contribution in [0.25, 0.3) is 0 Å². The number of nitrogens with one attached hydrogen (secondary N) is 1. The molecule has 2 aromatic rings. The Balaban J connectivity index is 1.67. The maximum Gasteiger partial charge on any atom is 0.255 e. The summed E-state index contributed by atoms with van der Waals surface area (Å²) in [6.45, 7) is 1.57. The third kappa shape index (κ3) is 4.41. The zero-order chi connectivity index (χ0) is 18.5. The van der Waals surface area contributed by atoms with Crippen LogP contribution < -0.4 is 5.32 Å². The molecule has 4 nitrogen and oxygen atoms in total. The number of carbonyl (C=O) groups excluding carboxylic acids is 2. The fourth-order valence-electron chi connectivity index (χ4n) is 3.00. The van der Waals surface area contributed by atoms with Gasteiger partial charge in [0.15, 0.2) is 0 Å². The van der Waals surface area contributed by atoms with Gasteiger partial charge in [0.25, 0.3) is 11.8 Å². The molecule has 1 aliphatic heterocycles. The largest absolute Gasteiger partial charge is 0.339 e. The van der Waals surface area contributed by atoms with Gasteiger partial charge in [0, 0.05) is 29.9 Å². The van der Waals surface area contributed by atoms with E-state index in [4.69, 9.17) is 11.6 Å². The molecule has 1 saturated heterocycles. The Hall–Kier alpha value is -2.40. The summed E-state index contributed by atoms with van der Waals surface area (Å²) in [5.41, 5.74) is 1.40. The number of hydrogen-bond donors (Lipinski definition) is 1. The van der Waals surface area contributed by atoms with Gasteiger partial charge in [-0.1, -0.05) is 24.4 Å². The van der Waals surface area contributed by atoms with Crippen molar-refractivity contribution in [1.82, 2.24) is 4.90 Å². The molecule has 0 spiro atoms. The summed E-state index contributed by atoms with van der Waals surface area (Å²) in [5, 5.41) is 2.61. The second-order valence-electron chi connectivity index (χ2n) is 6.37. The number of benzene rings is 2. The van der Waals surface area contributed by atoms with Crippen LogP contribution >= 0.6 is 11.6 Å². The predicted molar refractivity (Wildman–Crippen MR) is 100 cm³/mol. The van der Waals surface area contributed by atoms with E-state index in [1.54, 1.807) is 24.3 Å². The zero-order valence-corrected chi connectivity index (χ0v) is 15.1. The number of carbonyl (C=O) groups is 2. The Kier molecular flexibility index (Phi) is 5.89. The average molecular weight is 375 g/mol. The third-order valence-electron chi connectivity index (χ3n) is 4.46. The minimum atomic E-state index is -0.541. The van der Waals surface area contributed by atoms with Crippen molar-refractivity contribution in [3.8, 4) is 0 Å². The summed E-state index contributed by atoms with van der Waals surface area (Å²) in [6, 6.07) is 10.6. The van der Waals surface area contributed by atoms with Crippen LogP contribution in [0.4, 0.5) is 10.1 Å². The molecule has 0 unspecified atom stereocenters. The van der Waals surface area contributed by atoms with E-state index < -0.39 is 5.82 Å². The highest BCUT2D eigenvalue weighted by molar-refractivity contribution is 6.31. The Bertz CT molecular complexity index is 800. The van der Waals surface area contributed by atoms with E-state index in [2.05, 4.69) is 5.32 Å². The van der Waals surface area contributed by atoms with Gasteiger partial charge in [-0.05, 0) is 55.3 Å². The number of halogens is 2. The average Bonchev–Trinajstić information content (AvgIpc) is 2.94. The highest BCUT2D eigenvalue weighted by atomic mass is 35.5. The van der Waals surface area contributed by atoms with Gasteiger partial charge in [-0.15, -0.1) is 0 Å². The molecule has 1 heterocycles. The van der Waals surface area contributed by atoms with Gasteiger partial charge >= 0.3 is 0 Å². The van der Waals surface area contributed by atoms with Gasteiger partial charge in [-0.25, -0.2) is 4.39 Å². The van der Waals surface area contributed by atoms with E-state index in [-0.39, 0.29) is 16.8 Å². The molecule has 0 aliphatic carbocycles. The highest BCUT2D eigenvalue weighted by Crippen LogP contribution is 2.20. The van der Waals surface area contributed by atoms with Crippen molar-refractivity contribution in [2.45, 2.75) is 25.7 Å². The number of amides is 2. The van der Waals surface area contributed by atoms with Crippen molar-refractivity contribution in [1.29, 1.82) is 0 Å². The van der Waals surface area contributed by atoms with E-state index in [9.17, 15) is 14.0 Å². The highest BCUT2D eigenvalue weighted by Gasteiger charge is 2.17. The molecule has 0 saturated carbocycles. The molecule has 0 aromatic heterocycles. The van der Waals surface area contributed by atoms with Crippen LogP contribution in [0.3, 0.4) is 0 Å². The smallest absolute Gasteiger partial charge is 0.255 e. The van der Waals surface area contributed by atoms with Gasteiger partial charge < -0.3 is 10.2 Å². The standard InChI is InChI=1S/C20H20ClFN2O2/c21-17-13-16(9-10-18(17)22)23-19(25)14-5-7-15(8-6-14)20(26)24-11-3-1-2-4-12-24/h5-10,13H,1-4,11-12H2,(H,23,25). The zero-order valence-electron chi connectivity index (χ0n) is 14.3. The summed E-state index contributed by atoms with van der Waals surface area (Å²) >= 11 is 5.72. The molecule has 0 radical (unpaired) electrons. The molecule has 1 fully saturated rings. The molecule has 0 bridgehead atoms. The van der Waals surface area contributed by atoms with E-state index >= 15 is 0 Å². The minimum absolute atomic E-state index is 0.00387. The van der Waals surface area contributed by atoms with Crippen molar-refractivity contribution in [2.24, 2.45) is 0 Å². The maximum atomic E-state index is 13.2. The first-order valence-corrected chi connectivity index (χ1v) is 9.08. The normalized spacial score (nSPS) is 14.6. The summed E-state index contributed by atoms with van der Waals surface area (Å²) in [7, 11) is 0. The molecule has 136 valence electrons. The van der Waals surface area contributed by atoms with Crippen molar-refractivity contribution in [3.05, 3.63) is 64.4 Å². The topological polar surface area (TPSA) is 49.4 Å². The first kappa shape index (κ1) is 18.4. The summed E-state index contributed by atoms with van der Waals surface area (Å²) in [6.07, 6.45) is 4.39. The fraction of sp³-hybridized carbons (Fsp3) is 0.300. The predicted octanol–water partition coefficient (Wildman–Crippen LogP) is 4.75. The van der Waals surface area contributed by atoms with Crippen molar-refractivity contribution in [2.75, 3.05) is 18.4 Å². The van der Waals surface area contributed by atoms with E-state index in [0.29, 0.717) is 16.8 Å². The van der Waals surface area contributed by atoms with E-state index in [1.807, 2.05) is 4.90 Å². The second kappa shape index (κ2) is 8.32. The molecule has 1 N–H and O–H groups in total. The van der Waals surface area contributed by atoms with Gasteiger partial charge in [0.1, 0.15) is 5.82 Å². The lowest BCUT2D eigenvalue weighted by Gasteiger charge is -2.20. The number of hydrogen-bond acceptors (Lipinski definition) is 2. The lowest BCUT2D eigenvalue weighted by atomic mass is 10.1. The van der Waals surface area contributed by atoms with Crippen LogP contribution in [-0.2, 0) is 0 Å². The van der Waals surface area contributed by atoms with Crippen molar-refractivity contribution >= 4 is 29.1 Å². The van der Waals surface area contributed by atoms with Gasteiger partial charge in [-0.3, -0.25) is 9.59 Å². The Morgan fingerprint density at radius 1 is 0.923 bits per heavy atom. The molecule has 1 aliphatic rings. The Labute approximate surface area is 157 Å². The van der Waals surface area contributed by atoms with Crippen LogP contribution in [0, 0.1) is 5.82 Å². The number of likely N-dealkylation sites (tertiary alicyclic amines) is 1. The molecular formula is C20H20ClFN2O2. The number of rotatable bonds is 3. The maximum absolute atomic E-state index is 13.2. The molecular weight excluding hydrogens is 355 g/mol. The molecule has 2 amide bonds. The lowest BCUT2D eigenvalue weighted by molar-refractivity contribution is 0.0761. The van der Waals surface area contributed by atoms with Crippen LogP contribution in [-0.4, -0.2) is 29.8 Å². The lowest BCUT2D eigenvalue weighted by Crippen LogP contribution is -2.31. The number of nitrogens with zero attached hydrogens (tertiary/aromatic N) is 1. The first-order valence-electron chi connectivity index (χ1n) is 8.70. The molecule has 2 aromatic carbocycles. The summed E-state index contributed by atoms with van der Waals surface area (Å²) in [5.74, 6) is -0.883. The fourth-order valence-corrected chi connectivity index (χ4v) is 3.18. The third-order valence-corrected chi connectivity index (χ3v) is 4.75. The van der Waals surface area contributed by atoms with E-state index in [0.717, 1.165) is 38.8 Å². The molecule has 26 heavy (non-hydrogen) atoms. The van der Waals surface area contributed by atoms with Crippen LogP contribution in [0.2, 0.25) is 5.02 Å². The monoisotopic (exact) mass is 374 g/mol. The van der Waals surface area contributed by atoms with Gasteiger partial charge in [-0.2, -0.15) is 0 Å².